The summed E-state index contributed by atoms with van der Waals surface area (Å²) in [6.07, 6.45) is 4.26. The molecule has 0 spiro atoms. The van der Waals surface area contributed by atoms with Crippen molar-refractivity contribution < 1.29 is 13.5 Å². The molecule has 5 nitrogen and oxygen atoms in total. The molecule has 1 N–H and O–H groups in total. The van der Waals surface area contributed by atoms with Gasteiger partial charge >= 0.3 is 0 Å². The maximum Gasteiger partial charge on any atom is 0.242 e. The third-order valence-corrected chi connectivity index (χ3v) is 6.09. The van der Waals surface area contributed by atoms with Crippen LogP contribution in [0.4, 0.5) is 0 Å². The molecule has 0 aliphatic carbocycles. The van der Waals surface area contributed by atoms with Crippen molar-refractivity contribution in [1.29, 1.82) is 0 Å². The highest BCUT2D eigenvalue weighted by Gasteiger charge is 2.23. The molecular weight excluding hydrogens is 300 g/mol. The summed E-state index contributed by atoms with van der Waals surface area (Å²) in [5.74, 6) is 0. The van der Waals surface area contributed by atoms with Gasteiger partial charge in [0.05, 0.1) is 4.90 Å². The van der Waals surface area contributed by atoms with E-state index in [0.717, 1.165) is 37.9 Å². The predicted molar refractivity (Wildman–Crippen MR) is 87.1 cm³/mol. The predicted octanol–water partition coefficient (Wildman–Crippen LogP) is 1.67. The van der Waals surface area contributed by atoms with E-state index in [1.54, 1.807) is 32.3 Å². The number of hydrogen-bond acceptors (Lipinski definition) is 4. The summed E-state index contributed by atoms with van der Waals surface area (Å²) in [5.41, 5.74) is 1.01. The molecule has 0 bridgehead atoms. The van der Waals surface area contributed by atoms with Gasteiger partial charge in [-0.15, -0.1) is 0 Å². The summed E-state index contributed by atoms with van der Waals surface area (Å²) < 4.78 is 25.7. The summed E-state index contributed by atoms with van der Waals surface area (Å²) in [5, 5.41) is 9.20. The standard InChI is InChI=1S/C16H26N2O3S/c1-17(2)22(20,21)16-8-5-6-14(12-16)13-18-10-4-3-7-15(18)9-11-19/h5-6,8,12,15,19H,3-4,7,9-11,13H2,1-2H3. The highest BCUT2D eigenvalue weighted by atomic mass is 32.2. The van der Waals surface area contributed by atoms with Crippen molar-refractivity contribution in [3.05, 3.63) is 29.8 Å². The average molecular weight is 326 g/mol. The van der Waals surface area contributed by atoms with Crippen LogP contribution in [0.5, 0.6) is 0 Å². The number of likely N-dealkylation sites (tertiary alicyclic amines) is 1. The lowest BCUT2D eigenvalue weighted by atomic mass is 9.99. The second-order valence-electron chi connectivity index (χ2n) is 6.07. The first kappa shape index (κ1) is 17.4. The first-order chi connectivity index (χ1) is 10.4. The molecule has 2 rings (SSSR count). The topological polar surface area (TPSA) is 60.9 Å². The Hall–Kier alpha value is -0.950. The van der Waals surface area contributed by atoms with Gasteiger partial charge in [0.2, 0.25) is 10.0 Å². The second-order valence-corrected chi connectivity index (χ2v) is 8.22. The molecule has 1 aromatic carbocycles. The number of rotatable bonds is 6. The minimum absolute atomic E-state index is 0.205. The first-order valence-electron chi connectivity index (χ1n) is 7.81. The van der Waals surface area contributed by atoms with Crippen LogP contribution in [0.2, 0.25) is 0 Å². The molecule has 0 saturated carbocycles. The van der Waals surface area contributed by atoms with Crippen molar-refractivity contribution in [1.82, 2.24) is 9.21 Å². The molecular formula is C16H26N2O3S. The highest BCUT2D eigenvalue weighted by Crippen LogP contribution is 2.23. The van der Waals surface area contributed by atoms with Crippen molar-refractivity contribution >= 4 is 10.0 Å². The van der Waals surface area contributed by atoms with Crippen molar-refractivity contribution in [2.45, 2.75) is 43.2 Å². The number of hydrogen-bond donors (Lipinski definition) is 1. The van der Waals surface area contributed by atoms with Gasteiger partial charge in [0.25, 0.3) is 0 Å². The number of piperidine rings is 1. The Balaban J connectivity index is 2.16. The van der Waals surface area contributed by atoms with Crippen LogP contribution in [-0.2, 0) is 16.6 Å². The van der Waals surface area contributed by atoms with E-state index in [-0.39, 0.29) is 6.61 Å². The monoisotopic (exact) mass is 326 g/mol. The Kier molecular flexibility index (Phi) is 5.97. The highest BCUT2D eigenvalue weighted by molar-refractivity contribution is 7.89. The van der Waals surface area contributed by atoms with Crippen molar-refractivity contribution in [3.63, 3.8) is 0 Å². The molecule has 1 aromatic rings. The minimum Gasteiger partial charge on any atom is -0.396 e. The van der Waals surface area contributed by atoms with Gasteiger partial charge < -0.3 is 5.11 Å². The van der Waals surface area contributed by atoms with Gasteiger partial charge in [-0.1, -0.05) is 18.6 Å². The lowest BCUT2D eigenvalue weighted by molar-refractivity contribution is 0.112. The van der Waals surface area contributed by atoms with Crippen LogP contribution < -0.4 is 0 Å². The van der Waals surface area contributed by atoms with E-state index in [1.165, 1.54) is 10.7 Å². The fourth-order valence-corrected chi connectivity index (χ4v) is 3.97. The fraction of sp³-hybridized carbons (Fsp3) is 0.625. The fourth-order valence-electron chi connectivity index (χ4n) is 2.99. The van der Waals surface area contributed by atoms with Crippen molar-refractivity contribution in [2.24, 2.45) is 0 Å². The quantitative estimate of drug-likeness (QED) is 0.864. The summed E-state index contributed by atoms with van der Waals surface area (Å²) in [4.78, 5) is 2.70. The molecule has 6 heteroatoms. The van der Waals surface area contributed by atoms with Crippen molar-refractivity contribution in [2.75, 3.05) is 27.2 Å². The van der Waals surface area contributed by atoms with E-state index in [1.807, 2.05) is 6.07 Å². The average Bonchev–Trinajstić information content (AvgIpc) is 2.49. The molecule has 1 unspecified atom stereocenters. The van der Waals surface area contributed by atoms with Gasteiger partial charge in [-0.25, -0.2) is 12.7 Å². The number of sulfonamides is 1. The van der Waals surface area contributed by atoms with E-state index in [2.05, 4.69) is 4.90 Å². The van der Waals surface area contributed by atoms with Crippen LogP contribution in [0.3, 0.4) is 0 Å². The third-order valence-electron chi connectivity index (χ3n) is 4.27. The zero-order chi connectivity index (χ0) is 16.2. The molecule has 0 aromatic heterocycles. The zero-order valence-corrected chi connectivity index (χ0v) is 14.2. The molecule has 0 radical (unpaired) electrons. The Labute approximate surface area is 133 Å². The maximum atomic E-state index is 12.2. The number of benzene rings is 1. The summed E-state index contributed by atoms with van der Waals surface area (Å²) >= 11 is 0. The second kappa shape index (κ2) is 7.55. The molecule has 1 saturated heterocycles. The van der Waals surface area contributed by atoms with Crippen LogP contribution >= 0.6 is 0 Å². The van der Waals surface area contributed by atoms with Crippen LogP contribution in [-0.4, -0.2) is 56.0 Å². The van der Waals surface area contributed by atoms with Crippen LogP contribution in [0.1, 0.15) is 31.2 Å². The SMILES string of the molecule is CN(C)S(=O)(=O)c1cccc(CN2CCCCC2CCO)c1. The van der Waals surface area contributed by atoms with Gasteiger partial charge in [-0.2, -0.15) is 0 Å². The Morgan fingerprint density at radius 3 is 2.77 bits per heavy atom. The Morgan fingerprint density at radius 2 is 2.09 bits per heavy atom. The van der Waals surface area contributed by atoms with Crippen LogP contribution in [0, 0.1) is 0 Å². The van der Waals surface area contributed by atoms with Gasteiger partial charge in [-0.05, 0) is 43.5 Å². The molecule has 0 amide bonds. The number of nitrogens with zero attached hydrogens (tertiary/aromatic N) is 2. The van der Waals surface area contributed by atoms with Crippen molar-refractivity contribution in [3.8, 4) is 0 Å². The van der Waals surface area contributed by atoms with E-state index in [4.69, 9.17) is 0 Å². The summed E-state index contributed by atoms with van der Waals surface area (Å²) in [6, 6.07) is 7.57. The Bertz CT molecular complexity index is 585. The smallest absolute Gasteiger partial charge is 0.242 e. The minimum atomic E-state index is -3.39. The van der Waals surface area contributed by atoms with Gasteiger partial charge in [0, 0.05) is 33.3 Å². The van der Waals surface area contributed by atoms with Gasteiger partial charge in [0.15, 0.2) is 0 Å². The normalized spacial score (nSPS) is 20.5. The first-order valence-corrected chi connectivity index (χ1v) is 9.25. The third kappa shape index (κ3) is 4.07. The van der Waals surface area contributed by atoms with E-state index in [9.17, 15) is 13.5 Å². The molecule has 1 aliphatic rings. The number of aliphatic hydroxyl groups excluding tert-OH is 1. The maximum absolute atomic E-state index is 12.2. The molecule has 1 atom stereocenters. The zero-order valence-electron chi connectivity index (χ0n) is 13.4. The van der Waals surface area contributed by atoms with Gasteiger partial charge in [-0.3, -0.25) is 4.90 Å². The lowest BCUT2D eigenvalue weighted by Crippen LogP contribution is -2.39. The van der Waals surface area contributed by atoms with Gasteiger partial charge in [0.1, 0.15) is 0 Å². The molecule has 1 heterocycles. The summed E-state index contributed by atoms with van der Waals surface area (Å²) in [7, 11) is -0.298. The molecule has 1 aliphatic heterocycles. The van der Waals surface area contributed by atoms with E-state index >= 15 is 0 Å². The van der Waals surface area contributed by atoms with E-state index in [0.29, 0.717) is 10.9 Å². The molecule has 22 heavy (non-hydrogen) atoms. The Morgan fingerprint density at radius 1 is 1.32 bits per heavy atom. The molecule has 124 valence electrons. The lowest BCUT2D eigenvalue weighted by Gasteiger charge is -2.35. The largest absolute Gasteiger partial charge is 0.396 e. The number of aliphatic hydroxyl groups is 1. The summed E-state index contributed by atoms with van der Waals surface area (Å²) in [6.45, 7) is 1.95. The molecule has 1 fully saturated rings. The van der Waals surface area contributed by atoms with Crippen LogP contribution in [0.25, 0.3) is 0 Å². The van der Waals surface area contributed by atoms with E-state index < -0.39 is 10.0 Å². The van der Waals surface area contributed by atoms with Crippen LogP contribution in [0.15, 0.2) is 29.2 Å².